The number of benzene rings is 1. The Morgan fingerprint density at radius 1 is 1.24 bits per heavy atom. The van der Waals surface area contributed by atoms with Gasteiger partial charge in [0.1, 0.15) is 5.82 Å². The third kappa shape index (κ3) is 2.95. The van der Waals surface area contributed by atoms with Gasteiger partial charge >= 0.3 is 6.18 Å². The van der Waals surface area contributed by atoms with E-state index in [1.54, 1.807) is 0 Å². The summed E-state index contributed by atoms with van der Waals surface area (Å²) in [5.74, 6) is 0.968. The number of fused-ring (bicyclic) bond motifs is 1. The highest BCUT2D eigenvalue weighted by Gasteiger charge is 2.30. The van der Waals surface area contributed by atoms with Gasteiger partial charge in [0.15, 0.2) is 0 Å². The lowest BCUT2D eigenvalue weighted by Gasteiger charge is -2.20. The van der Waals surface area contributed by atoms with Crippen molar-refractivity contribution in [1.29, 1.82) is 0 Å². The van der Waals surface area contributed by atoms with E-state index >= 15 is 0 Å². The molecule has 2 aromatic rings. The van der Waals surface area contributed by atoms with Gasteiger partial charge in [-0.2, -0.15) is 13.2 Å². The molecule has 2 N–H and O–H groups in total. The predicted octanol–water partition coefficient (Wildman–Crippen LogP) is 3.29. The molecule has 0 saturated heterocycles. The highest BCUT2D eigenvalue weighted by atomic mass is 19.4. The van der Waals surface area contributed by atoms with Gasteiger partial charge in [-0.15, -0.1) is 0 Å². The largest absolute Gasteiger partial charge is 0.416 e. The Labute approximate surface area is 120 Å². The lowest BCUT2D eigenvalue weighted by Crippen LogP contribution is -2.24. The predicted molar refractivity (Wildman–Crippen MR) is 72.6 cm³/mol. The maximum Gasteiger partial charge on any atom is 0.416 e. The third-order valence-corrected chi connectivity index (χ3v) is 3.78. The molecule has 2 heterocycles. The van der Waals surface area contributed by atoms with Gasteiger partial charge in [-0.1, -0.05) is 12.1 Å². The number of halogens is 3. The van der Waals surface area contributed by atoms with Crippen LogP contribution in [0.4, 0.5) is 13.2 Å². The molecule has 21 heavy (non-hydrogen) atoms. The number of nitrogens with two attached hydrogens (primary N) is 1. The minimum atomic E-state index is -4.29. The van der Waals surface area contributed by atoms with Crippen LogP contribution in [-0.2, 0) is 19.0 Å². The summed E-state index contributed by atoms with van der Waals surface area (Å²) in [5.41, 5.74) is 7.05. The van der Waals surface area contributed by atoms with Crippen molar-refractivity contribution in [3.05, 3.63) is 53.1 Å². The van der Waals surface area contributed by atoms with Crippen LogP contribution in [0.5, 0.6) is 0 Å². The fourth-order valence-electron chi connectivity index (χ4n) is 2.67. The number of aryl methyl sites for hydroxylation is 1. The van der Waals surface area contributed by atoms with E-state index in [9.17, 15) is 13.2 Å². The number of hydrogen-bond acceptors (Lipinski definition) is 2. The molecule has 3 nitrogen and oxygen atoms in total. The average molecular weight is 295 g/mol. The van der Waals surface area contributed by atoms with Crippen LogP contribution in [0.2, 0.25) is 0 Å². The van der Waals surface area contributed by atoms with Gasteiger partial charge in [0, 0.05) is 19.0 Å². The summed E-state index contributed by atoms with van der Waals surface area (Å²) in [4.78, 5) is 4.53. The molecule has 1 aromatic carbocycles. The molecule has 0 spiro atoms. The lowest BCUT2D eigenvalue weighted by atomic mass is 10.1. The molecule has 0 aliphatic carbocycles. The summed E-state index contributed by atoms with van der Waals surface area (Å²) in [7, 11) is 0. The van der Waals surface area contributed by atoms with Crippen molar-refractivity contribution in [2.75, 3.05) is 0 Å². The molecule has 0 radical (unpaired) electrons. The van der Waals surface area contributed by atoms with Gasteiger partial charge in [-0.05, 0) is 30.5 Å². The first-order valence-corrected chi connectivity index (χ1v) is 6.92. The number of imidazole rings is 1. The van der Waals surface area contributed by atoms with E-state index in [0.717, 1.165) is 48.5 Å². The van der Waals surface area contributed by atoms with Gasteiger partial charge in [0.25, 0.3) is 0 Å². The van der Waals surface area contributed by atoms with E-state index in [1.807, 2.05) is 10.8 Å². The number of hydrogen-bond donors (Lipinski definition) is 1. The Morgan fingerprint density at radius 3 is 2.57 bits per heavy atom. The monoisotopic (exact) mass is 295 g/mol. The number of aromatic nitrogens is 2. The van der Waals surface area contributed by atoms with Gasteiger partial charge in [0.2, 0.25) is 0 Å². The second-order valence-corrected chi connectivity index (χ2v) is 5.39. The van der Waals surface area contributed by atoms with Gasteiger partial charge in [0.05, 0.1) is 17.4 Å². The molecule has 1 atom stereocenters. The molecule has 1 aliphatic rings. The quantitative estimate of drug-likeness (QED) is 0.924. The second kappa shape index (κ2) is 5.18. The Balaban J connectivity index is 1.78. The highest BCUT2D eigenvalue weighted by Crippen LogP contribution is 2.29. The van der Waals surface area contributed by atoms with E-state index in [0.29, 0.717) is 6.42 Å². The maximum atomic E-state index is 12.5. The minimum Gasteiger partial charge on any atom is -0.319 e. The number of alkyl halides is 3. The van der Waals surface area contributed by atoms with Crippen LogP contribution in [0.25, 0.3) is 0 Å². The van der Waals surface area contributed by atoms with Crippen molar-refractivity contribution in [2.24, 2.45) is 5.73 Å². The zero-order valence-electron chi connectivity index (χ0n) is 11.4. The van der Waals surface area contributed by atoms with Crippen molar-refractivity contribution in [2.45, 2.75) is 38.0 Å². The Kier molecular flexibility index (Phi) is 3.49. The molecule has 0 amide bonds. The summed E-state index contributed by atoms with van der Waals surface area (Å²) in [6.07, 6.45) is 0.963. The van der Waals surface area contributed by atoms with E-state index in [4.69, 9.17) is 5.73 Å². The first-order chi connectivity index (χ1) is 9.93. The Bertz CT molecular complexity index is 629. The first-order valence-electron chi connectivity index (χ1n) is 6.92. The van der Waals surface area contributed by atoms with Crippen molar-refractivity contribution in [3.63, 3.8) is 0 Å². The SMILES string of the molecule is NC1CCCc2nc(Cc3ccc(C(F)(F)F)cc3)cn21. The smallest absolute Gasteiger partial charge is 0.319 e. The topological polar surface area (TPSA) is 43.8 Å². The second-order valence-electron chi connectivity index (χ2n) is 5.39. The highest BCUT2D eigenvalue weighted by molar-refractivity contribution is 5.27. The zero-order chi connectivity index (χ0) is 15.0. The number of rotatable bonds is 2. The maximum absolute atomic E-state index is 12.5. The molecule has 6 heteroatoms. The van der Waals surface area contributed by atoms with Crippen LogP contribution in [0.15, 0.2) is 30.5 Å². The number of nitrogens with zero attached hydrogens (tertiary/aromatic N) is 2. The summed E-state index contributed by atoms with van der Waals surface area (Å²) < 4.78 is 39.5. The molecule has 1 unspecified atom stereocenters. The molecule has 0 saturated carbocycles. The van der Waals surface area contributed by atoms with Crippen molar-refractivity contribution in [1.82, 2.24) is 9.55 Å². The molecule has 0 fully saturated rings. The third-order valence-electron chi connectivity index (χ3n) is 3.78. The normalized spacial score (nSPS) is 18.6. The van der Waals surface area contributed by atoms with Gasteiger partial charge in [-0.3, -0.25) is 0 Å². The van der Waals surface area contributed by atoms with Crippen molar-refractivity contribution in [3.8, 4) is 0 Å². The molecule has 0 bridgehead atoms. The standard InChI is InChI=1S/C15H16F3N3/c16-15(17,18)11-6-4-10(5-7-11)8-12-9-21-13(19)2-1-3-14(21)20-12/h4-7,9,13H,1-3,8,19H2. The summed E-state index contributed by atoms with van der Waals surface area (Å²) in [6, 6.07) is 5.22. The van der Waals surface area contributed by atoms with Gasteiger partial charge < -0.3 is 10.3 Å². The lowest BCUT2D eigenvalue weighted by molar-refractivity contribution is -0.137. The Morgan fingerprint density at radius 2 is 1.95 bits per heavy atom. The molecular formula is C15H16F3N3. The molecule has 3 rings (SSSR count). The van der Waals surface area contributed by atoms with Gasteiger partial charge in [-0.25, -0.2) is 4.98 Å². The molecular weight excluding hydrogens is 279 g/mol. The van der Waals surface area contributed by atoms with Crippen LogP contribution in [0, 0.1) is 0 Å². The van der Waals surface area contributed by atoms with Crippen molar-refractivity contribution < 1.29 is 13.2 Å². The van der Waals surface area contributed by atoms with Crippen molar-refractivity contribution >= 4 is 0 Å². The van der Waals surface area contributed by atoms with Crippen LogP contribution >= 0.6 is 0 Å². The van der Waals surface area contributed by atoms with Crippen LogP contribution < -0.4 is 5.73 Å². The van der Waals surface area contributed by atoms with Crippen LogP contribution in [0.1, 0.15) is 41.7 Å². The van der Waals surface area contributed by atoms with E-state index < -0.39 is 11.7 Å². The fourth-order valence-corrected chi connectivity index (χ4v) is 2.67. The first kappa shape index (κ1) is 14.1. The molecule has 1 aromatic heterocycles. The van der Waals surface area contributed by atoms with E-state index in [-0.39, 0.29) is 6.17 Å². The average Bonchev–Trinajstić information content (AvgIpc) is 2.82. The van der Waals surface area contributed by atoms with Crippen LogP contribution in [-0.4, -0.2) is 9.55 Å². The molecule has 112 valence electrons. The molecule has 1 aliphatic heterocycles. The fraction of sp³-hybridized carbons (Fsp3) is 0.400. The summed E-state index contributed by atoms with van der Waals surface area (Å²) >= 11 is 0. The van der Waals surface area contributed by atoms with Crippen LogP contribution in [0.3, 0.4) is 0 Å². The summed E-state index contributed by atoms with van der Waals surface area (Å²) in [5, 5.41) is 0. The van der Waals surface area contributed by atoms with E-state index in [2.05, 4.69) is 4.98 Å². The minimum absolute atomic E-state index is 0.0393. The zero-order valence-corrected chi connectivity index (χ0v) is 11.4. The Hall–Kier alpha value is -1.82. The summed E-state index contributed by atoms with van der Waals surface area (Å²) in [6.45, 7) is 0. The van der Waals surface area contributed by atoms with E-state index in [1.165, 1.54) is 12.1 Å².